The summed E-state index contributed by atoms with van der Waals surface area (Å²) in [6, 6.07) is 7.99. The molecule has 0 amide bonds. The average molecular weight is 324 g/mol. The molecular weight excluding hydrogens is 304 g/mol. The number of benzene rings is 1. The number of aromatic nitrogens is 4. The molecule has 6 nitrogen and oxygen atoms in total. The van der Waals surface area contributed by atoms with Crippen molar-refractivity contribution in [2.45, 2.75) is 37.9 Å². The molecule has 0 unspecified atom stereocenters. The lowest BCUT2D eigenvalue weighted by atomic mass is 9.95. The summed E-state index contributed by atoms with van der Waals surface area (Å²) in [5.41, 5.74) is 1.76. The van der Waals surface area contributed by atoms with Crippen molar-refractivity contribution in [2.24, 2.45) is 0 Å². The molecule has 4 rings (SSSR count). The summed E-state index contributed by atoms with van der Waals surface area (Å²) >= 11 is 0. The lowest BCUT2D eigenvalue weighted by Crippen LogP contribution is -2.27. The lowest BCUT2D eigenvalue weighted by Gasteiger charge is -2.28. The Bertz CT molecular complexity index is 807. The average Bonchev–Trinajstić information content (AvgIpc) is 3.07. The first-order chi connectivity index (χ1) is 11.8. The Labute approximate surface area is 140 Å². The number of methoxy groups -OCH3 is 1. The van der Waals surface area contributed by atoms with E-state index < -0.39 is 0 Å². The summed E-state index contributed by atoms with van der Waals surface area (Å²) in [5.74, 6) is 0.894. The third-order valence-corrected chi connectivity index (χ3v) is 4.57. The van der Waals surface area contributed by atoms with Gasteiger partial charge in [-0.05, 0) is 49.9 Å². The Kier molecular flexibility index (Phi) is 4.13. The second kappa shape index (κ2) is 6.57. The molecule has 2 heterocycles. The molecule has 0 bridgehead atoms. The zero-order valence-electron chi connectivity index (χ0n) is 13.6. The standard InChI is InChI=1S/C18H20N4O2/c1-23-15-6-8-17(9-7-15)24-16-4-2-14(3-5-16)22-18-13(11-21-22)10-19-12-20-18/h2-5,10-12,15,17H,6-9H2,1H3. The largest absolute Gasteiger partial charge is 0.490 e. The van der Waals surface area contributed by atoms with E-state index in [9.17, 15) is 0 Å². The number of rotatable bonds is 4. The molecule has 3 aromatic rings. The number of ether oxygens (including phenoxy) is 2. The van der Waals surface area contributed by atoms with Crippen LogP contribution in [-0.2, 0) is 4.74 Å². The molecule has 1 aliphatic carbocycles. The Hall–Kier alpha value is -2.47. The van der Waals surface area contributed by atoms with Crippen molar-refractivity contribution in [1.29, 1.82) is 0 Å². The minimum atomic E-state index is 0.278. The van der Waals surface area contributed by atoms with Gasteiger partial charge in [-0.2, -0.15) is 5.10 Å². The smallest absolute Gasteiger partial charge is 0.166 e. The molecule has 0 atom stereocenters. The summed E-state index contributed by atoms with van der Waals surface area (Å²) in [6.45, 7) is 0. The molecule has 124 valence electrons. The van der Waals surface area contributed by atoms with E-state index in [1.54, 1.807) is 19.5 Å². The van der Waals surface area contributed by atoms with Gasteiger partial charge >= 0.3 is 0 Å². The second-order valence-electron chi connectivity index (χ2n) is 6.10. The number of hydrogen-bond acceptors (Lipinski definition) is 5. The highest BCUT2D eigenvalue weighted by molar-refractivity contribution is 5.74. The van der Waals surface area contributed by atoms with E-state index in [4.69, 9.17) is 9.47 Å². The Morgan fingerprint density at radius 1 is 1.00 bits per heavy atom. The Morgan fingerprint density at radius 3 is 2.50 bits per heavy atom. The van der Waals surface area contributed by atoms with Crippen LogP contribution in [0.15, 0.2) is 43.0 Å². The quantitative estimate of drug-likeness (QED) is 0.738. The first-order valence-electron chi connectivity index (χ1n) is 8.27. The SMILES string of the molecule is COC1CCC(Oc2ccc(-n3ncc4cncnc43)cc2)CC1. The van der Waals surface area contributed by atoms with Crippen molar-refractivity contribution < 1.29 is 9.47 Å². The summed E-state index contributed by atoms with van der Waals surface area (Å²) in [7, 11) is 1.79. The van der Waals surface area contributed by atoms with Crippen molar-refractivity contribution >= 4 is 11.0 Å². The van der Waals surface area contributed by atoms with Crippen LogP contribution >= 0.6 is 0 Å². The summed E-state index contributed by atoms with van der Waals surface area (Å²) in [6.07, 6.45) is 9.96. The highest BCUT2D eigenvalue weighted by Gasteiger charge is 2.22. The van der Waals surface area contributed by atoms with Gasteiger partial charge in [0.15, 0.2) is 5.65 Å². The van der Waals surface area contributed by atoms with E-state index in [2.05, 4.69) is 15.1 Å². The van der Waals surface area contributed by atoms with E-state index >= 15 is 0 Å². The second-order valence-corrected chi connectivity index (χ2v) is 6.10. The van der Waals surface area contributed by atoms with Crippen LogP contribution in [0.5, 0.6) is 5.75 Å². The third kappa shape index (κ3) is 2.97. The molecule has 1 fully saturated rings. The normalized spacial score (nSPS) is 21.0. The predicted molar refractivity (Wildman–Crippen MR) is 90.3 cm³/mol. The fraction of sp³-hybridized carbons (Fsp3) is 0.389. The van der Waals surface area contributed by atoms with Crippen molar-refractivity contribution in [3.63, 3.8) is 0 Å². The van der Waals surface area contributed by atoms with Crippen LogP contribution < -0.4 is 4.74 Å². The van der Waals surface area contributed by atoms with Crippen molar-refractivity contribution in [3.05, 3.63) is 43.0 Å². The molecule has 2 aromatic heterocycles. The maximum Gasteiger partial charge on any atom is 0.166 e. The van der Waals surface area contributed by atoms with Crippen LogP contribution in [0.1, 0.15) is 25.7 Å². The highest BCUT2D eigenvalue weighted by Crippen LogP contribution is 2.26. The summed E-state index contributed by atoms with van der Waals surface area (Å²) in [4.78, 5) is 8.31. The van der Waals surface area contributed by atoms with Gasteiger partial charge in [0, 0.05) is 13.3 Å². The van der Waals surface area contributed by atoms with E-state index in [0.29, 0.717) is 6.10 Å². The molecule has 6 heteroatoms. The van der Waals surface area contributed by atoms with Gasteiger partial charge in [0.25, 0.3) is 0 Å². The monoisotopic (exact) mass is 324 g/mol. The minimum Gasteiger partial charge on any atom is -0.490 e. The third-order valence-electron chi connectivity index (χ3n) is 4.57. The van der Waals surface area contributed by atoms with Gasteiger partial charge in [0.2, 0.25) is 0 Å². The Balaban J connectivity index is 1.47. The molecular formula is C18H20N4O2. The van der Waals surface area contributed by atoms with Crippen molar-refractivity contribution in [2.75, 3.05) is 7.11 Å². The Morgan fingerprint density at radius 2 is 1.75 bits per heavy atom. The maximum absolute atomic E-state index is 6.10. The van der Waals surface area contributed by atoms with Crippen LogP contribution in [0, 0.1) is 0 Å². The van der Waals surface area contributed by atoms with Crippen LogP contribution in [0.2, 0.25) is 0 Å². The molecule has 1 saturated carbocycles. The van der Waals surface area contributed by atoms with E-state index in [-0.39, 0.29) is 6.10 Å². The minimum absolute atomic E-state index is 0.278. The fourth-order valence-electron chi connectivity index (χ4n) is 3.21. The van der Waals surface area contributed by atoms with E-state index in [1.807, 2.05) is 28.9 Å². The van der Waals surface area contributed by atoms with Gasteiger partial charge in [0.1, 0.15) is 12.1 Å². The first kappa shape index (κ1) is 15.1. The molecule has 0 saturated heterocycles. The topological polar surface area (TPSA) is 62.1 Å². The lowest BCUT2D eigenvalue weighted by molar-refractivity contribution is 0.0327. The van der Waals surface area contributed by atoms with Crippen LogP contribution in [-0.4, -0.2) is 39.1 Å². The fourth-order valence-corrected chi connectivity index (χ4v) is 3.21. The van der Waals surface area contributed by atoms with Crippen molar-refractivity contribution in [3.8, 4) is 11.4 Å². The van der Waals surface area contributed by atoms with Gasteiger partial charge < -0.3 is 9.47 Å². The molecule has 0 radical (unpaired) electrons. The van der Waals surface area contributed by atoms with Crippen LogP contribution in [0.25, 0.3) is 16.7 Å². The molecule has 0 aliphatic heterocycles. The van der Waals surface area contributed by atoms with Crippen LogP contribution in [0.4, 0.5) is 0 Å². The number of fused-ring (bicyclic) bond motifs is 1. The summed E-state index contributed by atoms with van der Waals surface area (Å²) in [5, 5.41) is 5.31. The maximum atomic E-state index is 6.10. The predicted octanol–water partition coefficient (Wildman–Crippen LogP) is 3.15. The first-order valence-corrected chi connectivity index (χ1v) is 8.27. The number of hydrogen-bond donors (Lipinski definition) is 0. The van der Waals surface area contributed by atoms with Gasteiger partial charge in [-0.25, -0.2) is 14.6 Å². The zero-order valence-corrected chi connectivity index (χ0v) is 13.6. The van der Waals surface area contributed by atoms with Gasteiger partial charge in [-0.15, -0.1) is 0 Å². The van der Waals surface area contributed by atoms with Crippen LogP contribution in [0.3, 0.4) is 0 Å². The molecule has 0 spiro atoms. The molecule has 1 aliphatic rings. The molecule has 24 heavy (non-hydrogen) atoms. The van der Waals surface area contributed by atoms with Gasteiger partial charge in [-0.3, -0.25) is 0 Å². The van der Waals surface area contributed by atoms with Gasteiger partial charge in [-0.1, -0.05) is 0 Å². The highest BCUT2D eigenvalue weighted by atomic mass is 16.5. The van der Waals surface area contributed by atoms with E-state index in [0.717, 1.165) is 48.2 Å². The van der Waals surface area contributed by atoms with Gasteiger partial charge in [0.05, 0.1) is 29.5 Å². The van der Waals surface area contributed by atoms with E-state index in [1.165, 1.54) is 6.33 Å². The van der Waals surface area contributed by atoms with Crippen molar-refractivity contribution in [1.82, 2.24) is 19.7 Å². The number of nitrogens with zero attached hydrogens (tertiary/aromatic N) is 4. The zero-order chi connectivity index (χ0) is 16.4. The summed E-state index contributed by atoms with van der Waals surface area (Å²) < 4.78 is 13.3. The molecule has 1 aromatic carbocycles. The molecule has 0 N–H and O–H groups in total.